The van der Waals surface area contributed by atoms with Gasteiger partial charge in [0.05, 0.1) is 17.2 Å². The largest absolute Gasteiger partial charge is 0.417 e. The number of benzene rings is 2. The molecule has 0 bridgehead atoms. The van der Waals surface area contributed by atoms with Gasteiger partial charge in [-0.05, 0) is 29.8 Å². The van der Waals surface area contributed by atoms with Crippen molar-refractivity contribution in [3.05, 3.63) is 58.6 Å². The first kappa shape index (κ1) is 13.4. The normalized spacial score (nSPS) is 11.1. The van der Waals surface area contributed by atoms with Gasteiger partial charge in [-0.15, -0.1) is 0 Å². The molecular weight excluding hydrogens is 275 g/mol. The summed E-state index contributed by atoms with van der Waals surface area (Å²) < 4.78 is 39.0. The number of halogens is 4. The summed E-state index contributed by atoms with van der Waals surface area (Å²) in [5.74, 6) is 0. The van der Waals surface area contributed by atoms with Crippen molar-refractivity contribution in [3.8, 4) is 17.2 Å². The van der Waals surface area contributed by atoms with Crippen LogP contribution in [0.15, 0.2) is 42.5 Å². The van der Waals surface area contributed by atoms with Gasteiger partial charge in [0.15, 0.2) is 0 Å². The Balaban J connectivity index is 2.73. The van der Waals surface area contributed by atoms with Crippen LogP contribution in [0.3, 0.4) is 0 Å². The fraction of sp³-hybridized carbons (Fsp3) is 0.0714. The summed E-state index contributed by atoms with van der Waals surface area (Å²) in [4.78, 5) is 0. The smallest absolute Gasteiger partial charge is 0.192 e. The van der Waals surface area contributed by atoms with Crippen LogP contribution >= 0.6 is 11.6 Å². The number of hydrogen-bond acceptors (Lipinski definition) is 1. The molecule has 1 nitrogen and oxygen atoms in total. The predicted octanol–water partition coefficient (Wildman–Crippen LogP) is 4.90. The Morgan fingerprint density at radius 3 is 2.16 bits per heavy atom. The zero-order valence-electron chi connectivity index (χ0n) is 9.50. The lowest BCUT2D eigenvalue weighted by molar-refractivity contribution is -0.137. The zero-order chi connectivity index (χ0) is 14.0. The lowest BCUT2D eigenvalue weighted by Crippen LogP contribution is -2.08. The van der Waals surface area contributed by atoms with Gasteiger partial charge in [-0.2, -0.15) is 18.4 Å². The third kappa shape index (κ3) is 2.72. The number of alkyl halides is 3. The van der Waals surface area contributed by atoms with Crippen molar-refractivity contribution in [1.29, 1.82) is 5.26 Å². The van der Waals surface area contributed by atoms with E-state index in [0.29, 0.717) is 10.6 Å². The average molecular weight is 282 g/mol. The predicted molar refractivity (Wildman–Crippen MR) is 66.6 cm³/mol. The Hall–Kier alpha value is -1.99. The molecule has 19 heavy (non-hydrogen) atoms. The third-order valence-electron chi connectivity index (χ3n) is 2.62. The number of nitriles is 1. The van der Waals surface area contributed by atoms with Gasteiger partial charge in [0, 0.05) is 10.6 Å². The second-order valence-corrected chi connectivity index (χ2v) is 4.28. The van der Waals surface area contributed by atoms with Crippen LogP contribution in [0.4, 0.5) is 13.2 Å². The highest BCUT2D eigenvalue weighted by Gasteiger charge is 2.34. The number of hydrogen-bond donors (Lipinski definition) is 0. The van der Waals surface area contributed by atoms with Crippen molar-refractivity contribution in [1.82, 2.24) is 0 Å². The minimum Gasteiger partial charge on any atom is -0.192 e. The molecule has 0 heterocycles. The fourth-order valence-electron chi connectivity index (χ4n) is 1.81. The SMILES string of the molecule is N#Cc1cccc(C(F)(F)F)c1-c1ccc(Cl)cc1. The highest BCUT2D eigenvalue weighted by Crippen LogP contribution is 2.39. The van der Waals surface area contributed by atoms with Gasteiger partial charge in [-0.25, -0.2) is 0 Å². The molecule has 0 amide bonds. The zero-order valence-corrected chi connectivity index (χ0v) is 10.3. The molecular formula is C14H7ClF3N. The second-order valence-electron chi connectivity index (χ2n) is 3.84. The van der Waals surface area contributed by atoms with E-state index in [2.05, 4.69) is 0 Å². The first-order chi connectivity index (χ1) is 8.93. The topological polar surface area (TPSA) is 23.8 Å². The first-order valence-corrected chi connectivity index (χ1v) is 5.67. The van der Waals surface area contributed by atoms with Crippen LogP contribution in [-0.4, -0.2) is 0 Å². The summed E-state index contributed by atoms with van der Waals surface area (Å²) in [5, 5.41) is 9.40. The summed E-state index contributed by atoms with van der Waals surface area (Å²) in [6.45, 7) is 0. The summed E-state index contributed by atoms with van der Waals surface area (Å²) in [6, 6.07) is 11.2. The van der Waals surface area contributed by atoms with Gasteiger partial charge in [-0.1, -0.05) is 29.8 Å². The summed E-state index contributed by atoms with van der Waals surface area (Å²) >= 11 is 5.72. The van der Waals surface area contributed by atoms with Crippen molar-refractivity contribution < 1.29 is 13.2 Å². The molecule has 2 rings (SSSR count). The minimum atomic E-state index is -4.51. The lowest BCUT2D eigenvalue weighted by atomic mass is 9.94. The molecule has 0 spiro atoms. The summed E-state index contributed by atoms with van der Waals surface area (Å²) in [7, 11) is 0. The van der Waals surface area contributed by atoms with Crippen molar-refractivity contribution in [2.45, 2.75) is 6.18 Å². The van der Waals surface area contributed by atoms with Crippen LogP contribution < -0.4 is 0 Å². The Labute approximate surface area is 112 Å². The number of rotatable bonds is 1. The van der Waals surface area contributed by atoms with Crippen LogP contribution in [0.1, 0.15) is 11.1 Å². The van der Waals surface area contributed by atoms with E-state index in [1.54, 1.807) is 6.07 Å². The van der Waals surface area contributed by atoms with E-state index in [0.717, 1.165) is 6.07 Å². The van der Waals surface area contributed by atoms with E-state index in [4.69, 9.17) is 16.9 Å². The molecule has 96 valence electrons. The molecule has 0 saturated carbocycles. The molecule has 0 saturated heterocycles. The third-order valence-corrected chi connectivity index (χ3v) is 2.88. The molecule has 0 aliphatic rings. The summed E-state index contributed by atoms with van der Waals surface area (Å²) in [5.41, 5.74) is -0.644. The van der Waals surface area contributed by atoms with E-state index in [1.165, 1.54) is 36.4 Å². The standard InChI is InChI=1S/C14H7ClF3N/c15-11-6-4-9(5-7-11)13-10(8-19)2-1-3-12(13)14(16,17)18/h1-7H. The number of nitrogens with zero attached hydrogens (tertiary/aromatic N) is 1. The maximum absolute atomic E-state index is 13.0. The first-order valence-electron chi connectivity index (χ1n) is 5.29. The maximum Gasteiger partial charge on any atom is 0.417 e. The van der Waals surface area contributed by atoms with Gasteiger partial charge in [-0.3, -0.25) is 0 Å². The van der Waals surface area contributed by atoms with Crippen molar-refractivity contribution in [3.63, 3.8) is 0 Å². The molecule has 0 N–H and O–H groups in total. The fourth-order valence-corrected chi connectivity index (χ4v) is 1.94. The molecule has 2 aromatic rings. The highest BCUT2D eigenvalue weighted by atomic mass is 35.5. The van der Waals surface area contributed by atoms with Crippen molar-refractivity contribution in [2.75, 3.05) is 0 Å². The van der Waals surface area contributed by atoms with Crippen molar-refractivity contribution >= 4 is 11.6 Å². The molecule has 0 aromatic heterocycles. The molecule has 0 atom stereocenters. The van der Waals surface area contributed by atoms with Gasteiger partial charge < -0.3 is 0 Å². The Morgan fingerprint density at radius 1 is 1.00 bits per heavy atom. The molecule has 2 aromatic carbocycles. The molecule has 0 radical (unpaired) electrons. The van der Waals surface area contributed by atoms with Gasteiger partial charge in [0.25, 0.3) is 0 Å². The lowest BCUT2D eigenvalue weighted by Gasteiger charge is -2.14. The molecule has 0 aliphatic heterocycles. The second kappa shape index (κ2) is 4.94. The highest BCUT2D eigenvalue weighted by molar-refractivity contribution is 6.30. The Bertz CT molecular complexity index is 639. The van der Waals surface area contributed by atoms with Crippen LogP contribution in [0, 0.1) is 11.3 Å². The Kier molecular flexibility index (Phi) is 3.50. The molecule has 0 unspecified atom stereocenters. The van der Waals surface area contributed by atoms with Gasteiger partial charge in [0.2, 0.25) is 0 Å². The van der Waals surface area contributed by atoms with E-state index in [9.17, 15) is 13.2 Å². The summed E-state index contributed by atoms with van der Waals surface area (Å²) in [6.07, 6.45) is -4.51. The Morgan fingerprint density at radius 2 is 1.63 bits per heavy atom. The average Bonchev–Trinajstić information content (AvgIpc) is 2.38. The molecule has 0 fully saturated rings. The van der Waals surface area contributed by atoms with Crippen LogP contribution in [0.25, 0.3) is 11.1 Å². The minimum absolute atomic E-state index is 0.0165. The van der Waals surface area contributed by atoms with Crippen LogP contribution in [-0.2, 0) is 6.18 Å². The van der Waals surface area contributed by atoms with E-state index >= 15 is 0 Å². The monoisotopic (exact) mass is 281 g/mol. The van der Waals surface area contributed by atoms with Crippen LogP contribution in [0.5, 0.6) is 0 Å². The quantitative estimate of drug-likeness (QED) is 0.729. The van der Waals surface area contributed by atoms with Crippen LogP contribution in [0.2, 0.25) is 5.02 Å². The van der Waals surface area contributed by atoms with Gasteiger partial charge >= 0.3 is 6.18 Å². The van der Waals surface area contributed by atoms with Gasteiger partial charge in [0.1, 0.15) is 0 Å². The van der Waals surface area contributed by atoms with Crippen molar-refractivity contribution in [2.24, 2.45) is 0 Å². The molecule has 0 aliphatic carbocycles. The maximum atomic E-state index is 13.0. The molecule has 5 heteroatoms. The van der Waals surface area contributed by atoms with E-state index in [-0.39, 0.29) is 11.1 Å². The van der Waals surface area contributed by atoms with E-state index in [1.807, 2.05) is 0 Å². The van der Waals surface area contributed by atoms with E-state index < -0.39 is 11.7 Å².